The highest BCUT2D eigenvalue weighted by atomic mass is 19.4. The SMILES string of the molecule is CCc1cccc(CC)c1NC(=O)c1nn(CC)c2c1CCCc1cnc(Nc3ccc(N4CCC(N(C)C)CC4)cc3OC)nc1-2.O=C(O)C(F)(F)F. The van der Waals surface area contributed by atoms with Gasteiger partial charge in [0.15, 0.2) is 5.69 Å². The number of benzene rings is 2. The fourth-order valence-electron chi connectivity index (χ4n) is 7.04. The minimum Gasteiger partial charge on any atom is -0.494 e. The quantitative estimate of drug-likeness (QED) is 0.153. The second-order valence-corrected chi connectivity index (χ2v) is 13.5. The van der Waals surface area contributed by atoms with Gasteiger partial charge in [-0.2, -0.15) is 18.3 Å². The van der Waals surface area contributed by atoms with E-state index in [1.807, 2.05) is 16.9 Å². The van der Waals surface area contributed by atoms with Gasteiger partial charge in [0.1, 0.15) is 5.75 Å². The maximum absolute atomic E-state index is 13.9. The predicted octanol–water partition coefficient (Wildman–Crippen LogP) is 7.14. The molecule has 2 aromatic heterocycles. The van der Waals surface area contributed by atoms with Crippen molar-refractivity contribution in [3.63, 3.8) is 0 Å². The maximum Gasteiger partial charge on any atom is 0.490 e. The molecule has 54 heavy (non-hydrogen) atoms. The smallest absolute Gasteiger partial charge is 0.490 e. The molecule has 4 aromatic rings. The summed E-state index contributed by atoms with van der Waals surface area (Å²) >= 11 is 0. The number of amides is 1. The van der Waals surface area contributed by atoms with Crippen molar-refractivity contribution in [3.8, 4) is 17.1 Å². The Kier molecular flexibility index (Phi) is 12.8. The van der Waals surface area contributed by atoms with Crippen molar-refractivity contribution in [2.24, 2.45) is 0 Å². The molecule has 0 atom stereocenters. The highest BCUT2D eigenvalue weighted by Crippen LogP contribution is 2.37. The van der Waals surface area contributed by atoms with E-state index >= 15 is 0 Å². The van der Waals surface area contributed by atoms with Gasteiger partial charge in [0, 0.05) is 54.9 Å². The Morgan fingerprint density at radius 1 is 1.04 bits per heavy atom. The topological polar surface area (TPSA) is 138 Å². The summed E-state index contributed by atoms with van der Waals surface area (Å²) in [5.41, 5.74) is 9.33. The second-order valence-electron chi connectivity index (χ2n) is 13.5. The number of nitrogens with one attached hydrogen (secondary N) is 2. The van der Waals surface area contributed by atoms with Gasteiger partial charge >= 0.3 is 12.1 Å². The molecular formula is C39H49F3N8O4. The summed E-state index contributed by atoms with van der Waals surface area (Å²) in [7, 11) is 6.02. The summed E-state index contributed by atoms with van der Waals surface area (Å²) in [6.45, 7) is 8.94. The summed E-state index contributed by atoms with van der Waals surface area (Å²) < 4.78 is 39.5. The van der Waals surface area contributed by atoms with Crippen molar-refractivity contribution in [3.05, 3.63) is 70.5 Å². The standard InChI is InChI=1S/C37H48N8O2.C2HF3O2/c1-7-24-12-10-13-25(8-2)32(24)40-36(46)34-29-15-11-14-26-23-38-37(41-33(26)35(29)45(9-3)42-34)39-30-17-16-28(22-31(30)47-6)44-20-18-27(19-21-44)43(4)5;3-2(4,5)1(6)7/h10,12-13,16-17,22-23,27H,7-9,11,14-15,18-21H2,1-6H3,(H,40,46)(H,38,39,41);(H,6,7). The van der Waals surface area contributed by atoms with Crippen molar-refractivity contribution in [1.29, 1.82) is 0 Å². The summed E-state index contributed by atoms with van der Waals surface area (Å²) in [6, 6.07) is 13.1. The summed E-state index contributed by atoms with van der Waals surface area (Å²) in [6.07, 6.45) is 3.26. The zero-order valence-corrected chi connectivity index (χ0v) is 31.7. The number of fused-ring (bicyclic) bond motifs is 3. The zero-order chi connectivity index (χ0) is 39.2. The lowest BCUT2D eigenvalue weighted by molar-refractivity contribution is -0.192. The minimum absolute atomic E-state index is 0.171. The maximum atomic E-state index is 13.9. The normalized spacial score (nSPS) is 14.4. The molecule has 0 saturated carbocycles. The van der Waals surface area contributed by atoms with E-state index in [1.165, 1.54) is 0 Å². The monoisotopic (exact) mass is 750 g/mol. The van der Waals surface area contributed by atoms with Crippen molar-refractivity contribution < 1.29 is 32.6 Å². The van der Waals surface area contributed by atoms with Crippen LogP contribution in [0.4, 0.5) is 36.2 Å². The van der Waals surface area contributed by atoms with Crippen LogP contribution in [0.3, 0.4) is 0 Å². The van der Waals surface area contributed by atoms with Gasteiger partial charge in [-0.1, -0.05) is 32.0 Å². The molecule has 2 aromatic carbocycles. The average molecular weight is 751 g/mol. The molecule has 3 heterocycles. The van der Waals surface area contributed by atoms with E-state index in [9.17, 15) is 18.0 Å². The number of hydrogen-bond acceptors (Lipinski definition) is 9. The first kappa shape index (κ1) is 40.0. The molecule has 6 rings (SSSR count). The first-order valence-electron chi connectivity index (χ1n) is 18.3. The summed E-state index contributed by atoms with van der Waals surface area (Å²) in [4.78, 5) is 37.3. The van der Waals surface area contributed by atoms with E-state index < -0.39 is 12.1 Å². The van der Waals surface area contributed by atoms with Gasteiger partial charge in [0.05, 0.1) is 24.2 Å². The Bertz CT molecular complexity index is 1930. The van der Waals surface area contributed by atoms with Gasteiger partial charge in [-0.25, -0.2) is 14.8 Å². The number of aryl methyl sites for hydroxylation is 4. The van der Waals surface area contributed by atoms with E-state index in [0.29, 0.717) is 24.2 Å². The third-order valence-corrected chi connectivity index (χ3v) is 10.00. The van der Waals surface area contributed by atoms with Gasteiger partial charge in [-0.15, -0.1) is 0 Å². The number of aromatic nitrogens is 4. The molecule has 1 saturated heterocycles. The fourth-order valence-corrected chi connectivity index (χ4v) is 7.04. The third-order valence-electron chi connectivity index (χ3n) is 10.00. The predicted molar refractivity (Wildman–Crippen MR) is 203 cm³/mol. The number of halogens is 3. The van der Waals surface area contributed by atoms with Crippen LogP contribution < -0.4 is 20.3 Å². The first-order chi connectivity index (χ1) is 25.8. The van der Waals surface area contributed by atoms with Crippen LogP contribution in [-0.4, -0.2) is 88.1 Å². The average Bonchev–Trinajstić information content (AvgIpc) is 3.43. The lowest BCUT2D eigenvalue weighted by atomic mass is 10.0. The van der Waals surface area contributed by atoms with E-state index in [4.69, 9.17) is 29.7 Å². The molecule has 0 spiro atoms. The Labute approximate surface area is 313 Å². The van der Waals surface area contributed by atoms with Crippen molar-refractivity contribution in [2.75, 3.05) is 49.8 Å². The Morgan fingerprint density at radius 3 is 2.28 bits per heavy atom. The molecule has 2 aliphatic rings. The van der Waals surface area contributed by atoms with Crippen LogP contribution in [0.25, 0.3) is 11.4 Å². The third kappa shape index (κ3) is 8.95. The number of piperidine rings is 1. The number of carboxylic acid groups (broad SMARTS) is 1. The molecule has 15 heteroatoms. The number of carbonyl (C=O) groups excluding carboxylic acids is 1. The van der Waals surface area contributed by atoms with Gasteiger partial charge in [-0.3, -0.25) is 9.48 Å². The lowest BCUT2D eigenvalue weighted by Crippen LogP contribution is -2.41. The number of methoxy groups -OCH3 is 1. The Hall–Kier alpha value is -5.18. The molecule has 12 nitrogen and oxygen atoms in total. The van der Waals surface area contributed by atoms with E-state index in [1.54, 1.807) is 7.11 Å². The molecule has 0 radical (unpaired) electrons. The number of carbonyl (C=O) groups is 2. The van der Waals surface area contributed by atoms with Gasteiger partial charge < -0.3 is 30.3 Å². The van der Waals surface area contributed by atoms with Crippen LogP contribution in [0.5, 0.6) is 5.75 Å². The fraction of sp³-hybridized carbons (Fsp3) is 0.462. The number of nitrogens with zero attached hydrogens (tertiary/aromatic N) is 6. The number of ether oxygens (including phenoxy) is 1. The highest BCUT2D eigenvalue weighted by molar-refractivity contribution is 6.05. The number of hydrogen-bond donors (Lipinski definition) is 3. The van der Waals surface area contributed by atoms with Crippen LogP contribution in [0.2, 0.25) is 0 Å². The number of para-hydroxylation sites is 1. The van der Waals surface area contributed by atoms with Crippen LogP contribution in [-0.2, 0) is 37.0 Å². The summed E-state index contributed by atoms with van der Waals surface area (Å²) in [5.74, 6) is -1.70. The second kappa shape index (κ2) is 17.3. The van der Waals surface area contributed by atoms with Crippen LogP contribution in [0.15, 0.2) is 42.6 Å². The Balaban J connectivity index is 0.000000730. The van der Waals surface area contributed by atoms with E-state index in [2.05, 4.69) is 85.6 Å². The van der Waals surface area contributed by atoms with Crippen LogP contribution in [0.1, 0.15) is 72.8 Å². The number of anilines is 4. The molecule has 1 aliphatic carbocycles. The van der Waals surface area contributed by atoms with Crippen LogP contribution >= 0.6 is 0 Å². The highest BCUT2D eigenvalue weighted by Gasteiger charge is 2.38. The van der Waals surface area contributed by atoms with Crippen molar-refractivity contribution in [1.82, 2.24) is 24.6 Å². The molecule has 0 bridgehead atoms. The van der Waals surface area contributed by atoms with E-state index in [-0.39, 0.29) is 5.91 Å². The van der Waals surface area contributed by atoms with E-state index in [0.717, 1.165) is 114 Å². The first-order valence-corrected chi connectivity index (χ1v) is 18.3. The number of alkyl halides is 3. The molecule has 1 amide bonds. The van der Waals surface area contributed by atoms with Crippen molar-refractivity contribution in [2.45, 2.75) is 84.5 Å². The largest absolute Gasteiger partial charge is 0.494 e. The zero-order valence-electron chi connectivity index (χ0n) is 31.7. The van der Waals surface area contributed by atoms with Gasteiger partial charge in [-0.05, 0) is 94.8 Å². The molecule has 1 aliphatic heterocycles. The Morgan fingerprint density at radius 2 is 1.70 bits per heavy atom. The molecule has 0 unspecified atom stereocenters. The number of carboxylic acids is 1. The molecule has 3 N–H and O–H groups in total. The summed E-state index contributed by atoms with van der Waals surface area (Å²) in [5, 5.41) is 18.7. The van der Waals surface area contributed by atoms with Gasteiger partial charge in [0.25, 0.3) is 5.91 Å². The number of aliphatic carboxylic acids is 1. The molecule has 290 valence electrons. The molecular weight excluding hydrogens is 701 g/mol. The van der Waals surface area contributed by atoms with Crippen LogP contribution in [0, 0.1) is 0 Å². The lowest BCUT2D eigenvalue weighted by Gasteiger charge is -2.36. The number of rotatable bonds is 10. The minimum atomic E-state index is -5.08. The van der Waals surface area contributed by atoms with Crippen molar-refractivity contribution >= 4 is 34.9 Å². The van der Waals surface area contributed by atoms with Gasteiger partial charge in [0.2, 0.25) is 5.95 Å². The molecule has 1 fully saturated rings.